The van der Waals surface area contributed by atoms with E-state index >= 15 is 0 Å². The maximum Gasteiger partial charge on any atom is 0.164 e. The number of benzene rings is 1. The van der Waals surface area contributed by atoms with Crippen molar-refractivity contribution < 1.29 is 4.79 Å². The van der Waals surface area contributed by atoms with Crippen LogP contribution in [0, 0.1) is 6.92 Å². The average Bonchev–Trinajstić information content (AvgIpc) is 2.17. The summed E-state index contributed by atoms with van der Waals surface area (Å²) in [4.78, 5) is 11.6. The Kier molecular flexibility index (Phi) is 4.15. The number of rotatable bonds is 4. The molecule has 0 spiro atoms. The maximum absolute atomic E-state index is 11.6. The topological polar surface area (TPSA) is 17.1 Å². The van der Waals surface area contributed by atoms with Crippen LogP contribution in [0.25, 0.3) is 0 Å². The van der Waals surface area contributed by atoms with E-state index in [0.717, 1.165) is 17.5 Å². The van der Waals surface area contributed by atoms with Crippen LogP contribution in [0.3, 0.4) is 0 Å². The third-order valence-electron chi connectivity index (χ3n) is 2.19. The van der Waals surface area contributed by atoms with E-state index < -0.39 is 0 Å². The minimum Gasteiger partial charge on any atom is -0.294 e. The van der Waals surface area contributed by atoms with Crippen molar-refractivity contribution in [3.05, 3.63) is 34.9 Å². The number of halogens is 1. The lowest BCUT2D eigenvalue weighted by atomic mass is 10.0. The highest BCUT2D eigenvalue weighted by molar-refractivity contribution is 6.19. The van der Waals surface area contributed by atoms with Gasteiger partial charge in [0.15, 0.2) is 5.78 Å². The first-order valence-corrected chi connectivity index (χ1v) is 5.40. The summed E-state index contributed by atoms with van der Waals surface area (Å²) in [6.07, 6.45) is 1.39. The average molecular weight is 211 g/mol. The number of carbonyl (C=O) groups is 1. The number of alkyl halides is 1. The molecule has 1 nitrogen and oxygen atoms in total. The lowest BCUT2D eigenvalue weighted by Crippen LogP contribution is -2.01. The van der Waals surface area contributed by atoms with Crippen LogP contribution in [0.4, 0.5) is 0 Å². The van der Waals surface area contributed by atoms with Crippen LogP contribution in [-0.4, -0.2) is 11.7 Å². The van der Waals surface area contributed by atoms with E-state index in [1.807, 2.05) is 19.1 Å². The molecule has 0 aliphatic heterocycles. The van der Waals surface area contributed by atoms with E-state index in [4.69, 9.17) is 11.6 Å². The fraction of sp³-hybridized carbons (Fsp3) is 0.417. The van der Waals surface area contributed by atoms with Gasteiger partial charge in [-0.05, 0) is 31.0 Å². The second-order valence-electron chi connectivity index (χ2n) is 3.42. The van der Waals surface area contributed by atoms with Crippen molar-refractivity contribution in [2.45, 2.75) is 26.7 Å². The van der Waals surface area contributed by atoms with Crippen LogP contribution < -0.4 is 0 Å². The molecule has 0 radical (unpaired) electrons. The zero-order valence-electron chi connectivity index (χ0n) is 8.64. The summed E-state index contributed by atoms with van der Waals surface area (Å²) in [5, 5.41) is 0. The Morgan fingerprint density at radius 3 is 2.64 bits per heavy atom. The van der Waals surface area contributed by atoms with Gasteiger partial charge in [-0.3, -0.25) is 4.79 Å². The van der Waals surface area contributed by atoms with Gasteiger partial charge in [-0.15, -0.1) is 11.6 Å². The van der Waals surface area contributed by atoms with Gasteiger partial charge in [-0.1, -0.05) is 18.6 Å². The fourth-order valence-corrected chi connectivity index (χ4v) is 1.63. The normalized spacial score (nSPS) is 10.2. The first-order chi connectivity index (χ1) is 6.67. The van der Waals surface area contributed by atoms with Gasteiger partial charge in [0.2, 0.25) is 0 Å². The van der Waals surface area contributed by atoms with Gasteiger partial charge >= 0.3 is 0 Å². The van der Waals surface area contributed by atoms with Gasteiger partial charge in [-0.2, -0.15) is 0 Å². The smallest absolute Gasteiger partial charge is 0.164 e. The molecule has 0 saturated carbocycles. The van der Waals surface area contributed by atoms with Gasteiger partial charge in [0, 0.05) is 17.9 Å². The molecule has 0 atom stereocenters. The Morgan fingerprint density at radius 1 is 1.36 bits per heavy atom. The second-order valence-corrected chi connectivity index (χ2v) is 3.80. The van der Waals surface area contributed by atoms with Gasteiger partial charge < -0.3 is 0 Å². The zero-order chi connectivity index (χ0) is 10.6. The van der Waals surface area contributed by atoms with Crippen molar-refractivity contribution >= 4 is 17.4 Å². The third-order valence-corrected chi connectivity index (χ3v) is 2.38. The van der Waals surface area contributed by atoms with Gasteiger partial charge in [0.05, 0.1) is 0 Å². The van der Waals surface area contributed by atoms with Crippen LogP contribution in [0.5, 0.6) is 0 Å². The van der Waals surface area contributed by atoms with Crippen LogP contribution in [0.1, 0.15) is 34.8 Å². The predicted octanol–water partition coefficient (Wildman–Crippen LogP) is 3.37. The van der Waals surface area contributed by atoms with Crippen molar-refractivity contribution in [2.75, 3.05) is 5.88 Å². The molecule has 1 aromatic carbocycles. The molecule has 0 aromatic heterocycles. The maximum atomic E-state index is 11.6. The number of hydrogen-bond donors (Lipinski definition) is 0. The summed E-state index contributed by atoms with van der Waals surface area (Å²) < 4.78 is 0. The number of aryl methyl sites for hydroxylation is 2. The van der Waals surface area contributed by atoms with Crippen molar-refractivity contribution in [2.24, 2.45) is 0 Å². The molecule has 0 aliphatic carbocycles. The summed E-state index contributed by atoms with van der Waals surface area (Å²) in [6.45, 7) is 4.10. The SMILES string of the molecule is CCc1cc(C)cc(C(=O)CCCl)c1. The van der Waals surface area contributed by atoms with Crippen molar-refractivity contribution in [1.29, 1.82) is 0 Å². The van der Waals surface area contributed by atoms with Crippen LogP contribution in [0.15, 0.2) is 18.2 Å². The Balaban J connectivity index is 2.96. The van der Waals surface area contributed by atoms with Crippen LogP contribution in [-0.2, 0) is 6.42 Å². The van der Waals surface area contributed by atoms with Crippen molar-refractivity contribution in [3.8, 4) is 0 Å². The molecule has 0 saturated heterocycles. The number of Topliss-reactive ketones (excluding diaryl/α,β-unsaturated/α-hetero) is 1. The van der Waals surface area contributed by atoms with Crippen molar-refractivity contribution in [1.82, 2.24) is 0 Å². The van der Waals surface area contributed by atoms with E-state index in [9.17, 15) is 4.79 Å². The van der Waals surface area contributed by atoms with Crippen LogP contribution >= 0.6 is 11.6 Å². The summed E-state index contributed by atoms with van der Waals surface area (Å²) in [5.41, 5.74) is 3.15. The van der Waals surface area contributed by atoms with Crippen LogP contribution in [0.2, 0.25) is 0 Å². The molecule has 76 valence electrons. The Bertz CT molecular complexity index is 331. The van der Waals surface area contributed by atoms with Gasteiger partial charge in [-0.25, -0.2) is 0 Å². The van der Waals surface area contributed by atoms with Crippen molar-refractivity contribution in [3.63, 3.8) is 0 Å². The molecule has 0 amide bonds. The van der Waals surface area contributed by atoms with E-state index in [2.05, 4.69) is 13.0 Å². The summed E-state index contributed by atoms with van der Waals surface area (Å²) >= 11 is 5.54. The molecule has 1 rings (SSSR count). The monoisotopic (exact) mass is 210 g/mol. The molecular formula is C12H15ClO. The quantitative estimate of drug-likeness (QED) is 0.550. The Hall–Kier alpha value is -0.820. The molecule has 0 heterocycles. The fourth-order valence-electron chi connectivity index (χ4n) is 1.46. The predicted molar refractivity (Wildman–Crippen MR) is 60.2 cm³/mol. The molecule has 0 fully saturated rings. The molecular weight excluding hydrogens is 196 g/mol. The van der Waals surface area contributed by atoms with E-state index in [-0.39, 0.29) is 5.78 Å². The molecule has 1 aromatic rings. The highest BCUT2D eigenvalue weighted by Gasteiger charge is 2.06. The molecule has 0 N–H and O–H groups in total. The third kappa shape index (κ3) is 2.85. The number of carbonyl (C=O) groups excluding carboxylic acids is 1. The lowest BCUT2D eigenvalue weighted by Gasteiger charge is -2.04. The van der Waals surface area contributed by atoms with E-state index in [1.165, 1.54) is 5.56 Å². The van der Waals surface area contributed by atoms with E-state index in [1.54, 1.807) is 0 Å². The molecule has 0 unspecified atom stereocenters. The standard InChI is InChI=1S/C12H15ClO/c1-3-10-6-9(2)7-11(8-10)12(14)4-5-13/h6-8H,3-5H2,1-2H3. The van der Waals surface area contributed by atoms with Gasteiger partial charge in [0.1, 0.15) is 0 Å². The number of hydrogen-bond acceptors (Lipinski definition) is 1. The summed E-state index contributed by atoms with van der Waals surface area (Å²) in [5.74, 6) is 0.534. The lowest BCUT2D eigenvalue weighted by molar-refractivity contribution is 0.0989. The summed E-state index contributed by atoms with van der Waals surface area (Å²) in [7, 11) is 0. The number of ketones is 1. The minimum atomic E-state index is 0.137. The Morgan fingerprint density at radius 2 is 2.07 bits per heavy atom. The largest absolute Gasteiger partial charge is 0.294 e. The highest BCUT2D eigenvalue weighted by atomic mass is 35.5. The molecule has 2 heteroatoms. The zero-order valence-corrected chi connectivity index (χ0v) is 9.40. The highest BCUT2D eigenvalue weighted by Crippen LogP contribution is 2.12. The first kappa shape index (κ1) is 11.3. The van der Waals surface area contributed by atoms with Gasteiger partial charge in [0.25, 0.3) is 0 Å². The molecule has 0 bridgehead atoms. The molecule has 14 heavy (non-hydrogen) atoms. The molecule has 0 aliphatic rings. The summed E-state index contributed by atoms with van der Waals surface area (Å²) in [6, 6.07) is 5.99. The van der Waals surface area contributed by atoms with E-state index in [0.29, 0.717) is 12.3 Å². The minimum absolute atomic E-state index is 0.137. The Labute approximate surface area is 90.1 Å². The first-order valence-electron chi connectivity index (χ1n) is 4.87. The second kappa shape index (κ2) is 5.16.